The number of aliphatic carboxylic acids is 1. The quantitative estimate of drug-likeness (QED) is 0.793. The maximum Gasteiger partial charge on any atom is 0.307 e. The summed E-state index contributed by atoms with van der Waals surface area (Å²) in [5.74, 6) is -0.851. The lowest BCUT2D eigenvalue weighted by Gasteiger charge is -2.07. The van der Waals surface area contributed by atoms with Gasteiger partial charge in [-0.2, -0.15) is 0 Å². The molecule has 0 atom stereocenters. The fourth-order valence-corrected chi connectivity index (χ4v) is 1.48. The standard InChI is InChI=1S/C10H11ClO2/c1-6-3-4-7(2)10(11)8(6)5-9(12)13/h3-4H,5H2,1-2H3,(H,12,13). The summed E-state index contributed by atoms with van der Waals surface area (Å²) in [6.07, 6.45) is -0.00759. The summed E-state index contributed by atoms with van der Waals surface area (Å²) in [5, 5.41) is 9.22. The number of carboxylic acids is 1. The van der Waals surface area contributed by atoms with Crippen LogP contribution in [0, 0.1) is 13.8 Å². The number of rotatable bonds is 2. The lowest BCUT2D eigenvalue weighted by atomic mass is 10.0. The molecular weight excluding hydrogens is 188 g/mol. The first-order valence-electron chi connectivity index (χ1n) is 3.98. The number of aryl methyl sites for hydroxylation is 2. The smallest absolute Gasteiger partial charge is 0.307 e. The van der Waals surface area contributed by atoms with Crippen LogP contribution >= 0.6 is 11.6 Å². The van der Waals surface area contributed by atoms with E-state index in [0.717, 1.165) is 11.1 Å². The monoisotopic (exact) mass is 198 g/mol. The van der Waals surface area contributed by atoms with Crippen molar-refractivity contribution in [1.82, 2.24) is 0 Å². The second-order valence-electron chi connectivity index (χ2n) is 3.06. The molecule has 13 heavy (non-hydrogen) atoms. The molecule has 0 amide bonds. The maximum atomic E-state index is 10.5. The van der Waals surface area contributed by atoms with Gasteiger partial charge < -0.3 is 5.11 Å². The van der Waals surface area contributed by atoms with Crippen molar-refractivity contribution in [1.29, 1.82) is 0 Å². The molecule has 70 valence electrons. The summed E-state index contributed by atoms with van der Waals surface area (Å²) in [7, 11) is 0. The average Bonchev–Trinajstić information content (AvgIpc) is 2.05. The van der Waals surface area contributed by atoms with E-state index in [1.54, 1.807) is 0 Å². The summed E-state index contributed by atoms with van der Waals surface area (Å²) in [6, 6.07) is 3.78. The molecule has 1 aromatic carbocycles. The van der Waals surface area contributed by atoms with Crippen LogP contribution in [0.3, 0.4) is 0 Å². The summed E-state index contributed by atoms with van der Waals surface area (Å²) in [5.41, 5.74) is 2.57. The Kier molecular flexibility index (Phi) is 2.94. The molecule has 1 aromatic rings. The zero-order chi connectivity index (χ0) is 10.0. The minimum atomic E-state index is -0.851. The second-order valence-corrected chi connectivity index (χ2v) is 3.44. The minimum Gasteiger partial charge on any atom is -0.481 e. The Hall–Kier alpha value is -1.02. The van der Waals surface area contributed by atoms with E-state index in [4.69, 9.17) is 16.7 Å². The Balaban J connectivity index is 3.17. The zero-order valence-corrected chi connectivity index (χ0v) is 8.35. The van der Waals surface area contributed by atoms with Gasteiger partial charge >= 0.3 is 5.97 Å². The first-order valence-corrected chi connectivity index (χ1v) is 4.36. The van der Waals surface area contributed by atoms with E-state index in [1.807, 2.05) is 26.0 Å². The topological polar surface area (TPSA) is 37.3 Å². The largest absolute Gasteiger partial charge is 0.481 e. The van der Waals surface area contributed by atoms with Crippen molar-refractivity contribution in [2.24, 2.45) is 0 Å². The Morgan fingerprint density at radius 3 is 2.46 bits per heavy atom. The molecule has 1 N–H and O–H groups in total. The molecule has 3 heteroatoms. The van der Waals surface area contributed by atoms with Crippen LogP contribution in [0.2, 0.25) is 5.02 Å². The SMILES string of the molecule is Cc1ccc(C)c(CC(=O)O)c1Cl. The van der Waals surface area contributed by atoms with Gasteiger partial charge in [0, 0.05) is 5.02 Å². The number of hydrogen-bond acceptors (Lipinski definition) is 1. The summed E-state index contributed by atoms with van der Waals surface area (Å²) in [4.78, 5) is 10.5. The Labute approximate surface area is 82.2 Å². The van der Waals surface area contributed by atoms with Crippen LogP contribution in [-0.4, -0.2) is 11.1 Å². The predicted molar refractivity (Wildman–Crippen MR) is 52.3 cm³/mol. The molecule has 0 heterocycles. The van der Waals surface area contributed by atoms with Crippen molar-refractivity contribution in [3.05, 3.63) is 33.8 Å². The Morgan fingerprint density at radius 1 is 1.38 bits per heavy atom. The molecule has 0 aliphatic rings. The minimum absolute atomic E-state index is 0.00759. The van der Waals surface area contributed by atoms with Crippen molar-refractivity contribution in [3.63, 3.8) is 0 Å². The first kappa shape index (κ1) is 10.1. The third kappa shape index (κ3) is 2.22. The molecule has 0 aromatic heterocycles. The number of carbonyl (C=O) groups is 1. The third-order valence-electron chi connectivity index (χ3n) is 2.00. The van der Waals surface area contributed by atoms with Crippen molar-refractivity contribution < 1.29 is 9.90 Å². The summed E-state index contributed by atoms with van der Waals surface area (Å²) < 4.78 is 0. The maximum absolute atomic E-state index is 10.5. The molecule has 0 aliphatic carbocycles. The fourth-order valence-electron chi connectivity index (χ4n) is 1.20. The molecule has 0 unspecified atom stereocenters. The molecule has 0 saturated heterocycles. The molecule has 2 nitrogen and oxygen atoms in total. The van der Waals surface area contributed by atoms with Gasteiger partial charge in [-0.25, -0.2) is 0 Å². The van der Waals surface area contributed by atoms with E-state index >= 15 is 0 Å². The summed E-state index contributed by atoms with van der Waals surface area (Å²) in [6.45, 7) is 3.73. The number of benzene rings is 1. The van der Waals surface area contributed by atoms with Crippen molar-refractivity contribution in [2.45, 2.75) is 20.3 Å². The van der Waals surface area contributed by atoms with E-state index in [1.165, 1.54) is 0 Å². The lowest BCUT2D eigenvalue weighted by Crippen LogP contribution is -2.03. The molecule has 0 spiro atoms. The normalized spacial score (nSPS) is 10.1. The van der Waals surface area contributed by atoms with Crippen LogP contribution in [-0.2, 0) is 11.2 Å². The zero-order valence-electron chi connectivity index (χ0n) is 7.60. The van der Waals surface area contributed by atoms with E-state index in [2.05, 4.69) is 0 Å². The number of hydrogen-bond donors (Lipinski definition) is 1. The number of halogens is 1. The second kappa shape index (κ2) is 3.79. The van der Waals surface area contributed by atoms with E-state index in [-0.39, 0.29) is 6.42 Å². The van der Waals surface area contributed by atoms with E-state index < -0.39 is 5.97 Å². The Bertz CT molecular complexity index is 345. The predicted octanol–water partition coefficient (Wildman–Crippen LogP) is 2.58. The van der Waals surface area contributed by atoms with Crippen LogP contribution in [0.4, 0.5) is 0 Å². The average molecular weight is 199 g/mol. The van der Waals surface area contributed by atoms with Gasteiger partial charge in [-0.3, -0.25) is 4.79 Å². The van der Waals surface area contributed by atoms with Gasteiger partial charge in [0.2, 0.25) is 0 Å². The highest BCUT2D eigenvalue weighted by Crippen LogP contribution is 2.24. The van der Waals surface area contributed by atoms with Crippen molar-refractivity contribution in [3.8, 4) is 0 Å². The molecule has 1 rings (SSSR count). The highest BCUT2D eigenvalue weighted by molar-refractivity contribution is 6.32. The van der Waals surface area contributed by atoms with Gasteiger partial charge in [-0.05, 0) is 30.5 Å². The van der Waals surface area contributed by atoms with Crippen LogP contribution in [0.5, 0.6) is 0 Å². The van der Waals surface area contributed by atoms with Crippen molar-refractivity contribution >= 4 is 17.6 Å². The summed E-state index contributed by atoms with van der Waals surface area (Å²) >= 11 is 5.98. The van der Waals surface area contributed by atoms with Crippen LogP contribution in [0.15, 0.2) is 12.1 Å². The lowest BCUT2D eigenvalue weighted by molar-refractivity contribution is -0.136. The molecule has 0 aliphatic heterocycles. The number of carboxylic acid groups (broad SMARTS) is 1. The van der Waals surface area contributed by atoms with Gasteiger partial charge in [-0.15, -0.1) is 0 Å². The highest BCUT2D eigenvalue weighted by Gasteiger charge is 2.09. The molecule has 0 fully saturated rings. The van der Waals surface area contributed by atoms with Crippen LogP contribution < -0.4 is 0 Å². The van der Waals surface area contributed by atoms with E-state index in [9.17, 15) is 4.79 Å². The van der Waals surface area contributed by atoms with Crippen molar-refractivity contribution in [2.75, 3.05) is 0 Å². The van der Waals surface area contributed by atoms with Gasteiger partial charge in [0.25, 0.3) is 0 Å². The van der Waals surface area contributed by atoms with Gasteiger partial charge in [0.05, 0.1) is 6.42 Å². The van der Waals surface area contributed by atoms with Gasteiger partial charge in [0.15, 0.2) is 0 Å². The van der Waals surface area contributed by atoms with Crippen LogP contribution in [0.25, 0.3) is 0 Å². The van der Waals surface area contributed by atoms with Gasteiger partial charge in [-0.1, -0.05) is 23.7 Å². The Morgan fingerprint density at radius 2 is 1.92 bits per heavy atom. The highest BCUT2D eigenvalue weighted by atomic mass is 35.5. The molecule has 0 saturated carbocycles. The molecular formula is C10H11ClO2. The van der Waals surface area contributed by atoms with Gasteiger partial charge in [0.1, 0.15) is 0 Å². The molecule has 0 radical (unpaired) electrons. The third-order valence-corrected chi connectivity index (χ3v) is 2.52. The first-order chi connectivity index (χ1) is 6.02. The van der Waals surface area contributed by atoms with Crippen LogP contribution in [0.1, 0.15) is 16.7 Å². The van der Waals surface area contributed by atoms with E-state index in [0.29, 0.717) is 10.6 Å². The molecule has 0 bridgehead atoms. The fraction of sp³-hybridized carbons (Fsp3) is 0.300.